The van der Waals surface area contributed by atoms with Gasteiger partial charge in [-0.15, -0.1) is 0 Å². The molecule has 1 rings (SSSR count). The van der Waals surface area contributed by atoms with E-state index in [1.165, 1.54) is 0 Å². The normalized spacial score (nSPS) is 15.4. The van der Waals surface area contributed by atoms with Crippen LogP contribution in [0.2, 0.25) is 5.02 Å². The number of nitrogens with one attached hydrogen (secondary N) is 1. The molecule has 0 aliphatic carbocycles. The second kappa shape index (κ2) is 4.09. The lowest BCUT2D eigenvalue weighted by atomic mass is 9.93. The fourth-order valence-corrected chi connectivity index (χ4v) is 1.55. The van der Waals surface area contributed by atoms with Gasteiger partial charge in [-0.25, -0.2) is 0 Å². The zero-order valence-corrected chi connectivity index (χ0v) is 8.60. The molecule has 0 aliphatic heterocycles. The highest BCUT2D eigenvalue weighted by molar-refractivity contribution is 6.31. The van der Waals surface area contributed by atoms with Gasteiger partial charge in [0.1, 0.15) is 0 Å². The van der Waals surface area contributed by atoms with E-state index in [1.54, 1.807) is 7.05 Å². The highest BCUT2D eigenvalue weighted by atomic mass is 35.5. The number of aliphatic hydroxyl groups excluding tert-OH is 1. The van der Waals surface area contributed by atoms with Crippen molar-refractivity contribution in [1.82, 2.24) is 5.32 Å². The molecule has 1 aromatic carbocycles. The summed E-state index contributed by atoms with van der Waals surface area (Å²) in [7, 11) is 1.81. The highest BCUT2D eigenvalue weighted by Gasteiger charge is 2.25. The molecule has 1 aromatic rings. The van der Waals surface area contributed by atoms with Crippen LogP contribution < -0.4 is 5.32 Å². The molecule has 3 heteroatoms. The summed E-state index contributed by atoms with van der Waals surface area (Å²) in [5.41, 5.74) is 0.458. The lowest BCUT2D eigenvalue weighted by Crippen LogP contribution is -2.40. The summed E-state index contributed by atoms with van der Waals surface area (Å²) < 4.78 is 0. The molecule has 0 fully saturated rings. The summed E-state index contributed by atoms with van der Waals surface area (Å²) in [6.07, 6.45) is 0. The molecule has 0 radical (unpaired) electrons. The van der Waals surface area contributed by atoms with Crippen LogP contribution in [0.3, 0.4) is 0 Å². The molecule has 2 N–H and O–H groups in total. The number of benzene rings is 1. The van der Waals surface area contributed by atoms with E-state index in [4.69, 9.17) is 11.6 Å². The van der Waals surface area contributed by atoms with Crippen molar-refractivity contribution in [1.29, 1.82) is 0 Å². The SMILES string of the molecule is CN[C@@](C)(CO)c1ccccc1Cl. The molecule has 0 heterocycles. The average Bonchev–Trinajstić information content (AvgIpc) is 2.17. The van der Waals surface area contributed by atoms with E-state index in [-0.39, 0.29) is 6.61 Å². The van der Waals surface area contributed by atoms with Crippen molar-refractivity contribution in [2.45, 2.75) is 12.5 Å². The molecular formula is C10H14ClNO. The zero-order chi connectivity index (χ0) is 9.90. The van der Waals surface area contributed by atoms with Gasteiger partial charge in [-0.05, 0) is 25.6 Å². The third-order valence-electron chi connectivity index (χ3n) is 2.34. The maximum atomic E-state index is 9.24. The molecule has 0 saturated heterocycles. The smallest absolute Gasteiger partial charge is 0.0653 e. The first-order valence-electron chi connectivity index (χ1n) is 4.19. The van der Waals surface area contributed by atoms with E-state index >= 15 is 0 Å². The van der Waals surface area contributed by atoms with Gasteiger partial charge in [0, 0.05) is 5.02 Å². The Morgan fingerprint density at radius 2 is 2.08 bits per heavy atom. The van der Waals surface area contributed by atoms with Crippen LogP contribution in [0.5, 0.6) is 0 Å². The van der Waals surface area contributed by atoms with E-state index in [2.05, 4.69) is 5.32 Å². The molecule has 2 nitrogen and oxygen atoms in total. The Bertz CT molecular complexity index is 284. The van der Waals surface area contributed by atoms with Crippen LogP contribution in [0.25, 0.3) is 0 Å². The molecule has 0 amide bonds. The van der Waals surface area contributed by atoms with Crippen molar-refractivity contribution in [3.63, 3.8) is 0 Å². The summed E-state index contributed by atoms with van der Waals surface area (Å²) >= 11 is 6.02. The fraction of sp³-hybridized carbons (Fsp3) is 0.400. The number of hydrogen-bond donors (Lipinski definition) is 2. The van der Waals surface area contributed by atoms with Gasteiger partial charge in [0.15, 0.2) is 0 Å². The minimum absolute atomic E-state index is 0.0211. The average molecular weight is 200 g/mol. The Balaban J connectivity index is 3.12. The molecule has 0 unspecified atom stereocenters. The second-order valence-electron chi connectivity index (χ2n) is 3.22. The van der Waals surface area contributed by atoms with Gasteiger partial charge in [-0.1, -0.05) is 29.8 Å². The van der Waals surface area contributed by atoms with E-state index < -0.39 is 5.54 Å². The van der Waals surface area contributed by atoms with Crippen molar-refractivity contribution in [2.75, 3.05) is 13.7 Å². The molecule has 0 aromatic heterocycles. The summed E-state index contributed by atoms with van der Waals surface area (Å²) in [6, 6.07) is 7.52. The van der Waals surface area contributed by atoms with E-state index in [0.29, 0.717) is 5.02 Å². The molecule has 0 saturated carbocycles. The van der Waals surface area contributed by atoms with Crippen LogP contribution in [0.1, 0.15) is 12.5 Å². The van der Waals surface area contributed by atoms with Crippen LogP contribution in [-0.4, -0.2) is 18.8 Å². The predicted molar refractivity (Wildman–Crippen MR) is 54.9 cm³/mol. The monoisotopic (exact) mass is 199 g/mol. The van der Waals surface area contributed by atoms with Crippen molar-refractivity contribution >= 4 is 11.6 Å². The Morgan fingerprint density at radius 1 is 1.46 bits per heavy atom. The minimum atomic E-state index is -0.460. The Hall–Kier alpha value is -0.570. The first-order valence-corrected chi connectivity index (χ1v) is 4.56. The van der Waals surface area contributed by atoms with E-state index in [0.717, 1.165) is 5.56 Å². The van der Waals surface area contributed by atoms with Crippen LogP contribution in [-0.2, 0) is 5.54 Å². The summed E-state index contributed by atoms with van der Waals surface area (Å²) in [6.45, 7) is 1.93. The number of rotatable bonds is 3. The van der Waals surface area contributed by atoms with Crippen LogP contribution in [0.4, 0.5) is 0 Å². The summed E-state index contributed by atoms with van der Waals surface area (Å²) in [4.78, 5) is 0. The number of aliphatic hydroxyl groups is 1. The third-order valence-corrected chi connectivity index (χ3v) is 2.67. The number of likely N-dealkylation sites (N-methyl/N-ethyl adjacent to an activating group) is 1. The van der Waals surface area contributed by atoms with Gasteiger partial charge in [0.25, 0.3) is 0 Å². The molecule has 1 atom stereocenters. The maximum Gasteiger partial charge on any atom is 0.0653 e. The van der Waals surface area contributed by atoms with Crippen LogP contribution in [0.15, 0.2) is 24.3 Å². The molecule has 0 spiro atoms. The van der Waals surface area contributed by atoms with Gasteiger partial charge in [0.05, 0.1) is 12.1 Å². The lowest BCUT2D eigenvalue weighted by Gasteiger charge is -2.28. The first kappa shape index (κ1) is 10.5. The standard InChI is InChI=1S/C10H14ClNO/c1-10(7-13,12-2)8-5-3-4-6-9(8)11/h3-6,12-13H,7H2,1-2H3/t10-/m0/s1. The van der Waals surface area contributed by atoms with Gasteiger partial charge in [-0.3, -0.25) is 0 Å². The Labute approximate surface area is 83.5 Å². The first-order chi connectivity index (χ1) is 6.14. The molecule has 0 aliphatic rings. The Kier molecular flexibility index (Phi) is 3.31. The van der Waals surface area contributed by atoms with Gasteiger partial charge < -0.3 is 10.4 Å². The zero-order valence-electron chi connectivity index (χ0n) is 7.84. The van der Waals surface area contributed by atoms with Crippen molar-refractivity contribution < 1.29 is 5.11 Å². The maximum absolute atomic E-state index is 9.24. The predicted octanol–water partition coefficient (Wildman–Crippen LogP) is 1.77. The highest BCUT2D eigenvalue weighted by Crippen LogP contribution is 2.26. The second-order valence-corrected chi connectivity index (χ2v) is 3.63. The molecule has 0 bridgehead atoms. The van der Waals surface area contributed by atoms with Gasteiger partial charge in [0.2, 0.25) is 0 Å². The largest absolute Gasteiger partial charge is 0.394 e. The van der Waals surface area contributed by atoms with Crippen molar-refractivity contribution in [3.05, 3.63) is 34.9 Å². The van der Waals surface area contributed by atoms with Crippen molar-refractivity contribution in [2.24, 2.45) is 0 Å². The minimum Gasteiger partial charge on any atom is -0.394 e. The van der Waals surface area contributed by atoms with Gasteiger partial charge >= 0.3 is 0 Å². The molecule has 13 heavy (non-hydrogen) atoms. The van der Waals surface area contributed by atoms with Crippen molar-refractivity contribution in [3.8, 4) is 0 Å². The Morgan fingerprint density at radius 3 is 2.54 bits per heavy atom. The molecule has 72 valence electrons. The van der Waals surface area contributed by atoms with E-state index in [1.807, 2.05) is 31.2 Å². The topological polar surface area (TPSA) is 32.3 Å². The third kappa shape index (κ3) is 2.02. The number of hydrogen-bond acceptors (Lipinski definition) is 2. The van der Waals surface area contributed by atoms with Gasteiger partial charge in [-0.2, -0.15) is 0 Å². The summed E-state index contributed by atoms with van der Waals surface area (Å²) in [5, 5.41) is 13.0. The quantitative estimate of drug-likeness (QED) is 0.778. The van der Waals surface area contributed by atoms with Crippen LogP contribution in [0, 0.1) is 0 Å². The fourth-order valence-electron chi connectivity index (χ4n) is 1.21. The van der Waals surface area contributed by atoms with E-state index in [9.17, 15) is 5.11 Å². The number of halogens is 1. The molecular weight excluding hydrogens is 186 g/mol. The van der Waals surface area contributed by atoms with Crippen LogP contribution >= 0.6 is 11.6 Å². The lowest BCUT2D eigenvalue weighted by molar-refractivity contribution is 0.183. The summed E-state index contributed by atoms with van der Waals surface area (Å²) in [5.74, 6) is 0.